The molecule has 0 aliphatic carbocycles. The molecule has 134 valence electrons. The van der Waals surface area contributed by atoms with Crippen LogP contribution in [0.25, 0.3) is 0 Å². The van der Waals surface area contributed by atoms with Crippen molar-refractivity contribution in [2.75, 3.05) is 33.3 Å². The van der Waals surface area contributed by atoms with Gasteiger partial charge in [0.1, 0.15) is 5.75 Å². The Kier molecular flexibility index (Phi) is 12.4. The van der Waals surface area contributed by atoms with Crippen LogP contribution in [-0.4, -0.2) is 38.2 Å². The van der Waals surface area contributed by atoms with Gasteiger partial charge in [-0.1, -0.05) is 42.1 Å². The van der Waals surface area contributed by atoms with Crippen molar-refractivity contribution in [3.8, 4) is 5.75 Å². The van der Waals surface area contributed by atoms with E-state index in [-0.39, 0.29) is 24.8 Å². The zero-order valence-electron chi connectivity index (χ0n) is 14.0. The maximum atomic E-state index is 5.62. The molecule has 1 heterocycles. The molecule has 1 N–H and O–H groups in total. The highest BCUT2D eigenvalue weighted by atomic mass is 79.9. The van der Waals surface area contributed by atoms with Gasteiger partial charge in [0.05, 0.1) is 7.11 Å². The number of ether oxygens (including phenoxy) is 1. The Morgan fingerprint density at radius 1 is 1.22 bits per heavy atom. The summed E-state index contributed by atoms with van der Waals surface area (Å²) >= 11 is 3.61. The summed E-state index contributed by atoms with van der Waals surface area (Å²) in [6.07, 6.45) is 5.06. The Hall–Kier alpha value is -0.000000000000000111. The number of piperazine rings is 1. The van der Waals surface area contributed by atoms with Gasteiger partial charge >= 0.3 is 0 Å². The van der Waals surface area contributed by atoms with Crippen LogP contribution >= 0.6 is 40.7 Å². The Bertz CT molecular complexity index is 443. The van der Waals surface area contributed by atoms with Gasteiger partial charge in [-0.15, -0.1) is 24.8 Å². The smallest absolute Gasteiger partial charge is 0.123 e. The van der Waals surface area contributed by atoms with E-state index >= 15 is 0 Å². The van der Waals surface area contributed by atoms with E-state index in [0.29, 0.717) is 6.04 Å². The van der Waals surface area contributed by atoms with E-state index in [2.05, 4.69) is 51.3 Å². The van der Waals surface area contributed by atoms with Gasteiger partial charge < -0.3 is 10.1 Å². The summed E-state index contributed by atoms with van der Waals surface area (Å²) in [6, 6.07) is 6.83. The van der Waals surface area contributed by atoms with Crippen molar-refractivity contribution in [2.45, 2.75) is 38.6 Å². The van der Waals surface area contributed by atoms with Gasteiger partial charge in [-0.2, -0.15) is 0 Å². The van der Waals surface area contributed by atoms with Crippen LogP contribution in [0.15, 0.2) is 22.7 Å². The number of rotatable bonds is 7. The Balaban J connectivity index is 0.00000242. The molecule has 0 saturated carbocycles. The van der Waals surface area contributed by atoms with Crippen molar-refractivity contribution >= 4 is 40.7 Å². The van der Waals surface area contributed by atoms with E-state index < -0.39 is 0 Å². The van der Waals surface area contributed by atoms with E-state index in [0.717, 1.165) is 36.4 Å². The second kappa shape index (κ2) is 12.4. The van der Waals surface area contributed by atoms with Gasteiger partial charge in [0.15, 0.2) is 0 Å². The molecular formula is C17H29BrCl2N2O. The fourth-order valence-corrected chi connectivity index (χ4v) is 3.46. The SMILES string of the molecule is CCCCC[C@@H](c1cc(Br)ccc1OC)N1CCNCC1.Cl.Cl. The third-order valence-electron chi connectivity index (χ3n) is 4.22. The van der Waals surface area contributed by atoms with Crippen LogP contribution in [0.3, 0.4) is 0 Å². The van der Waals surface area contributed by atoms with E-state index in [4.69, 9.17) is 4.74 Å². The summed E-state index contributed by atoms with van der Waals surface area (Å²) in [5.41, 5.74) is 1.32. The molecule has 1 atom stereocenters. The largest absolute Gasteiger partial charge is 0.496 e. The van der Waals surface area contributed by atoms with Crippen LogP contribution in [-0.2, 0) is 0 Å². The monoisotopic (exact) mass is 426 g/mol. The first-order valence-electron chi connectivity index (χ1n) is 8.04. The van der Waals surface area contributed by atoms with Crippen molar-refractivity contribution in [1.82, 2.24) is 10.2 Å². The van der Waals surface area contributed by atoms with Crippen LogP contribution in [0, 0.1) is 0 Å². The molecule has 0 bridgehead atoms. The van der Waals surface area contributed by atoms with Crippen molar-refractivity contribution in [1.29, 1.82) is 0 Å². The van der Waals surface area contributed by atoms with E-state index in [1.54, 1.807) is 7.11 Å². The maximum Gasteiger partial charge on any atom is 0.123 e. The second-order valence-corrected chi connectivity index (χ2v) is 6.60. The first-order valence-corrected chi connectivity index (χ1v) is 8.83. The zero-order valence-corrected chi connectivity index (χ0v) is 17.2. The number of nitrogens with zero attached hydrogens (tertiary/aromatic N) is 1. The fourth-order valence-electron chi connectivity index (χ4n) is 3.08. The number of hydrogen-bond donors (Lipinski definition) is 1. The zero-order chi connectivity index (χ0) is 15.1. The summed E-state index contributed by atoms with van der Waals surface area (Å²) in [5.74, 6) is 1.01. The topological polar surface area (TPSA) is 24.5 Å². The maximum absolute atomic E-state index is 5.62. The molecule has 23 heavy (non-hydrogen) atoms. The van der Waals surface area contributed by atoms with E-state index in [1.807, 2.05) is 0 Å². The molecule has 3 nitrogen and oxygen atoms in total. The summed E-state index contributed by atoms with van der Waals surface area (Å²) in [6.45, 7) is 6.67. The lowest BCUT2D eigenvalue weighted by Gasteiger charge is -2.36. The average molecular weight is 428 g/mol. The minimum Gasteiger partial charge on any atom is -0.496 e. The van der Waals surface area contributed by atoms with Gasteiger partial charge in [0.25, 0.3) is 0 Å². The number of nitrogens with one attached hydrogen (secondary N) is 1. The van der Waals surface area contributed by atoms with Gasteiger partial charge in [0, 0.05) is 42.3 Å². The van der Waals surface area contributed by atoms with Crippen LogP contribution in [0.4, 0.5) is 0 Å². The number of unbranched alkanes of at least 4 members (excludes halogenated alkanes) is 2. The molecule has 1 aliphatic heterocycles. The number of halogens is 3. The first kappa shape index (κ1) is 23.0. The third-order valence-corrected chi connectivity index (χ3v) is 4.72. The molecule has 0 spiro atoms. The second-order valence-electron chi connectivity index (χ2n) is 5.68. The van der Waals surface area contributed by atoms with Crippen LogP contribution in [0.5, 0.6) is 5.75 Å². The Labute approximate surface area is 161 Å². The quantitative estimate of drug-likeness (QED) is 0.630. The van der Waals surface area contributed by atoms with Crippen LogP contribution in [0.1, 0.15) is 44.2 Å². The van der Waals surface area contributed by atoms with Crippen molar-refractivity contribution in [3.05, 3.63) is 28.2 Å². The summed E-state index contributed by atoms with van der Waals surface area (Å²) < 4.78 is 6.75. The molecule has 2 rings (SSSR count). The molecule has 1 saturated heterocycles. The predicted octanol–water partition coefficient (Wildman–Crippen LogP) is 4.83. The molecule has 0 radical (unpaired) electrons. The highest BCUT2D eigenvalue weighted by molar-refractivity contribution is 9.10. The molecule has 0 aromatic heterocycles. The van der Waals surface area contributed by atoms with Crippen molar-refractivity contribution < 1.29 is 4.74 Å². The molecular weight excluding hydrogens is 399 g/mol. The lowest BCUT2D eigenvalue weighted by Crippen LogP contribution is -2.45. The highest BCUT2D eigenvalue weighted by Crippen LogP contribution is 2.35. The molecule has 0 unspecified atom stereocenters. The minimum absolute atomic E-state index is 0. The van der Waals surface area contributed by atoms with Crippen LogP contribution in [0.2, 0.25) is 0 Å². The van der Waals surface area contributed by atoms with E-state index in [9.17, 15) is 0 Å². The van der Waals surface area contributed by atoms with Gasteiger partial charge in [0.2, 0.25) is 0 Å². The molecule has 0 amide bonds. The van der Waals surface area contributed by atoms with Crippen LogP contribution < -0.4 is 10.1 Å². The highest BCUT2D eigenvalue weighted by Gasteiger charge is 2.24. The Morgan fingerprint density at radius 3 is 2.52 bits per heavy atom. The van der Waals surface area contributed by atoms with E-state index in [1.165, 1.54) is 31.2 Å². The van der Waals surface area contributed by atoms with Gasteiger partial charge in [-0.25, -0.2) is 0 Å². The Morgan fingerprint density at radius 2 is 1.91 bits per heavy atom. The lowest BCUT2D eigenvalue weighted by atomic mass is 9.97. The average Bonchev–Trinajstić information content (AvgIpc) is 2.52. The molecule has 6 heteroatoms. The minimum atomic E-state index is 0. The molecule has 1 fully saturated rings. The molecule has 1 aliphatic rings. The summed E-state index contributed by atoms with van der Waals surface area (Å²) in [5, 5.41) is 3.45. The number of methoxy groups -OCH3 is 1. The van der Waals surface area contributed by atoms with Gasteiger partial charge in [-0.3, -0.25) is 4.90 Å². The number of benzene rings is 1. The lowest BCUT2D eigenvalue weighted by molar-refractivity contribution is 0.160. The first-order chi connectivity index (χ1) is 10.3. The molecule has 1 aromatic rings. The van der Waals surface area contributed by atoms with Crippen molar-refractivity contribution in [3.63, 3.8) is 0 Å². The standard InChI is InChI=1S/C17H27BrN2O.2ClH/c1-3-4-5-6-16(20-11-9-19-10-12-20)15-13-14(18)7-8-17(15)21-2;;/h7-8,13,16,19H,3-6,9-12H2,1-2H3;2*1H/t16-;;/m0../s1. The number of hydrogen-bond acceptors (Lipinski definition) is 3. The molecule has 1 aromatic carbocycles. The third kappa shape index (κ3) is 6.79. The van der Waals surface area contributed by atoms with Gasteiger partial charge in [-0.05, 0) is 24.6 Å². The fraction of sp³-hybridized carbons (Fsp3) is 0.647. The predicted molar refractivity (Wildman–Crippen MR) is 107 cm³/mol. The summed E-state index contributed by atoms with van der Waals surface area (Å²) in [4.78, 5) is 2.61. The van der Waals surface area contributed by atoms with Crippen molar-refractivity contribution in [2.24, 2.45) is 0 Å². The normalized spacial score (nSPS) is 16.1. The summed E-state index contributed by atoms with van der Waals surface area (Å²) in [7, 11) is 1.77.